The van der Waals surface area contributed by atoms with Crippen LogP contribution in [0.15, 0.2) is 5.38 Å². The summed E-state index contributed by atoms with van der Waals surface area (Å²) in [4.78, 5) is 15.5. The van der Waals surface area contributed by atoms with Gasteiger partial charge in [0.2, 0.25) is 0 Å². The first-order valence-corrected chi connectivity index (χ1v) is 7.84. The average molecular weight is 282 g/mol. The molecule has 2 N–H and O–H groups in total. The van der Waals surface area contributed by atoms with Gasteiger partial charge in [-0.1, -0.05) is 13.8 Å². The van der Waals surface area contributed by atoms with Crippen molar-refractivity contribution in [1.82, 2.24) is 10.3 Å². The molecule has 1 heterocycles. The molecule has 0 bridgehead atoms. The third-order valence-corrected chi connectivity index (χ3v) is 4.91. The second-order valence-corrected chi connectivity index (χ2v) is 6.49. The third kappa shape index (κ3) is 4.01. The molecule has 0 aliphatic heterocycles. The summed E-state index contributed by atoms with van der Waals surface area (Å²) in [5.74, 6) is -0.283. The van der Waals surface area contributed by atoms with Crippen LogP contribution in [0.4, 0.5) is 0 Å². The van der Waals surface area contributed by atoms with Gasteiger partial charge in [0.15, 0.2) is 0 Å². The summed E-state index contributed by atoms with van der Waals surface area (Å²) in [5.41, 5.74) is 1.11. The largest absolute Gasteiger partial charge is 0.481 e. The number of carbonyl (C=O) groups is 1. The Labute approximate surface area is 118 Å². The number of thiazole rings is 1. The number of hydrogen-bond acceptors (Lipinski definition) is 4. The molecule has 1 aliphatic carbocycles. The number of aliphatic carboxylic acids is 1. The van der Waals surface area contributed by atoms with Gasteiger partial charge in [0.25, 0.3) is 0 Å². The molecule has 0 aromatic carbocycles. The first-order chi connectivity index (χ1) is 9.06. The van der Waals surface area contributed by atoms with Crippen LogP contribution >= 0.6 is 11.3 Å². The maximum absolute atomic E-state index is 10.9. The highest BCUT2D eigenvalue weighted by molar-refractivity contribution is 7.09. The van der Waals surface area contributed by atoms with E-state index in [1.54, 1.807) is 11.3 Å². The van der Waals surface area contributed by atoms with Crippen molar-refractivity contribution in [3.05, 3.63) is 16.1 Å². The van der Waals surface area contributed by atoms with Crippen molar-refractivity contribution in [3.63, 3.8) is 0 Å². The minimum Gasteiger partial charge on any atom is -0.481 e. The fourth-order valence-electron chi connectivity index (χ4n) is 2.46. The van der Waals surface area contributed by atoms with Crippen molar-refractivity contribution >= 4 is 17.3 Å². The summed E-state index contributed by atoms with van der Waals surface area (Å²) in [6.07, 6.45) is 3.50. The molecular formula is C14H22N2O2S. The minimum atomic E-state index is -0.639. The molecule has 0 spiro atoms. The molecule has 1 aliphatic rings. The minimum absolute atomic E-state index is 0.134. The van der Waals surface area contributed by atoms with Gasteiger partial charge in [-0.3, -0.25) is 4.79 Å². The van der Waals surface area contributed by atoms with Gasteiger partial charge in [0.1, 0.15) is 0 Å². The predicted molar refractivity (Wildman–Crippen MR) is 76.4 cm³/mol. The number of carboxylic acid groups (broad SMARTS) is 1. The highest BCUT2D eigenvalue weighted by atomic mass is 32.1. The number of aromatic nitrogens is 1. The predicted octanol–water partition coefficient (Wildman–Crippen LogP) is 3.00. The van der Waals surface area contributed by atoms with Crippen LogP contribution < -0.4 is 5.32 Å². The zero-order chi connectivity index (χ0) is 13.8. The van der Waals surface area contributed by atoms with Crippen LogP contribution in [0.2, 0.25) is 0 Å². The van der Waals surface area contributed by atoms with E-state index in [1.807, 2.05) is 0 Å². The molecule has 0 radical (unpaired) electrons. The van der Waals surface area contributed by atoms with Crippen LogP contribution in [-0.4, -0.2) is 22.1 Å². The molecule has 0 unspecified atom stereocenters. The van der Waals surface area contributed by atoms with Gasteiger partial charge in [-0.25, -0.2) is 4.98 Å². The van der Waals surface area contributed by atoms with E-state index in [2.05, 4.69) is 29.5 Å². The van der Waals surface area contributed by atoms with E-state index in [-0.39, 0.29) is 5.92 Å². The van der Waals surface area contributed by atoms with E-state index in [0.717, 1.165) is 37.9 Å². The number of nitrogens with one attached hydrogen (secondary N) is 1. The van der Waals surface area contributed by atoms with Crippen molar-refractivity contribution in [2.75, 3.05) is 0 Å². The van der Waals surface area contributed by atoms with Gasteiger partial charge in [-0.15, -0.1) is 11.3 Å². The maximum Gasteiger partial charge on any atom is 0.306 e. The third-order valence-electron chi connectivity index (χ3n) is 3.71. The highest BCUT2D eigenvalue weighted by Crippen LogP contribution is 2.25. The second-order valence-electron chi connectivity index (χ2n) is 5.60. The van der Waals surface area contributed by atoms with E-state index >= 15 is 0 Å². The second kappa shape index (κ2) is 6.48. The van der Waals surface area contributed by atoms with E-state index < -0.39 is 5.97 Å². The standard InChI is InChI=1S/C14H22N2O2S/c1-9(2)13-16-12(8-19-13)7-15-11-5-3-10(4-6-11)14(17)18/h8-11,15H,3-7H2,1-2H3,(H,17,18). The molecule has 2 rings (SSSR count). The average Bonchev–Trinajstić information content (AvgIpc) is 2.86. The van der Waals surface area contributed by atoms with Crippen molar-refractivity contribution in [2.24, 2.45) is 5.92 Å². The number of rotatable bonds is 5. The smallest absolute Gasteiger partial charge is 0.306 e. The summed E-state index contributed by atoms with van der Waals surface area (Å²) in [6, 6.07) is 0.444. The lowest BCUT2D eigenvalue weighted by molar-refractivity contribution is -0.142. The molecule has 0 atom stereocenters. The lowest BCUT2D eigenvalue weighted by Gasteiger charge is -2.26. The van der Waals surface area contributed by atoms with Crippen molar-refractivity contribution in [1.29, 1.82) is 0 Å². The fourth-order valence-corrected chi connectivity index (χ4v) is 3.30. The lowest BCUT2D eigenvalue weighted by atomic mass is 9.86. The van der Waals surface area contributed by atoms with Gasteiger partial charge >= 0.3 is 5.97 Å². The normalized spacial score (nSPS) is 23.7. The van der Waals surface area contributed by atoms with E-state index in [1.165, 1.54) is 5.01 Å². The Morgan fingerprint density at radius 1 is 1.47 bits per heavy atom. The Bertz CT molecular complexity index is 423. The van der Waals surface area contributed by atoms with Crippen LogP contribution in [0.25, 0.3) is 0 Å². The SMILES string of the molecule is CC(C)c1nc(CNC2CCC(C(=O)O)CC2)cs1. The van der Waals surface area contributed by atoms with E-state index in [0.29, 0.717) is 12.0 Å². The Morgan fingerprint density at radius 3 is 2.68 bits per heavy atom. The van der Waals surface area contributed by atoms with Crippen LogP contribution in [0, 0.1) is 5.92 Å². The molecule has 0 saturated heterocycles. The molecule has 1 aromatic heterocycles. The van der Waals surface area contributed by atoms with Crippen molar-refractivity contribution in [3.8, 4) is 0 Å². The number of carboxylic acids is 1. The molecule has 1 aromatic rings. The molecular weight excluding hydrogens is 260 g/mol. The fraction of sp³-hybridized carbons (Fsp3) is 0.714. The van der Waals surface area contributed by atoms with Crippen molar-refractivity contribution < 1.29 is 9.90 Å². The summed E-state index contributed by atoms with van der Waals surface area (Å²) < 4.78 is 0. The highest BCUT2D eigenvalue weighted by Gasteiger charge is 2.25. The summed E-state index contributed by atoms with van der Waals surface area (Å²) in [5, 5.41) is 15.8. The van der Waals surface area contributed by atoms with Crippen LogP contribution in [-0.2, 0) is 11.3 Å². The monoisotopic (exact) mass is 282 g/mol. The summed E-state index contributed by atoms with van der Waals surface area (Å²) >= 11 is 1.72. The van der Waals surface area contributed by atoms with Gasteiger partial charge < -0.3 is 10.4 Å². The zero-order valence-corrected chi connectivity index (χ0v) is 12.4. The molecule has 106 valence electrons. The molecule has 1 fully saturated rings. The summed E-state index contributed by atoms with van der Waals surface area (Å²) in [7, 11) is 0. The van der Waals surface area contributed by atoms with Crippen LogP contribution in [0.5, 0.6) is 0 Å². The quantitative estimate of drug-likeness (QED) is 0.871. The van der Waals surface area contributed by atoms with Gasteiger partial charge in [-0.05, 0) is 25.7 Å². The topological polar surface area (TPSA) is 62.2 Å². The maximum atomic E-state index is 10.9. The Morgan fingerprint density at radius 2 is 2.16 bits per heavy atom. The Kier molecular flexibility index (Phi) is 4.93. The van der Waals surface area contributed by atoms with Crippen LogP contribution in [0.1, 0.15) is 56.2 Å². The van der Waals surface area contributed by atoms with Gasteiger partial charge in [-0.2, -0.15) is 0 Å². The Balaban J connectivity index is 1.75. The van der Waals surface area contributed by atoms with Crippen molar-refractivity contribution in [2.45, 2.75) is 58.0 Å². The van der Waals surface area contributed by atoms with Gasteiger partial charge in [0, 0.05) is 23.9 Å². The Hall–Kier alpha value is -0.940. The van der Waals surface area contributed by atoms with Crippen LogP contribution in [0.3, 0.4) is 0 Å². The number of nitrogens with zero attached hydrogens (tertiary/aromatic N) is 1. The summed E-state index contributed by atoms with van der Waals surface area (Å²) in [6.45, 7) is 5.11. The molecule has 4 nitrogen and oxygen atoms in total. The van der Waals surface area contributed by atoms with Gasteiger partial charge in [0.05, 0.1) is 16.6 Å². The molecule has 1 saturated carbocycles. The lowest BCUT2D eigenvalue weighted by Crippen LogP contribution is -2.34. The zero-order valence-electron chi connectivity index (χ0n) is 11.6. The molecule has 0 amide bonds. The molecule has 19 heavy (non-hydrogen) atoms. The first-order valence-electron chi connectivity index (χ1n) is 6.96. The first kappa shape index (κ1) is 14.5. The number of hydrogen-bond donors (Lipinski definition) is 2. The van der Waals surface area contributed by atoms with E-state index in [9.17, 15) is 4.79 Å². The molecule has 5 heteroatoms. The van der Waals surface area contributed by atoms with E-state index in [4.69, 9.17) is 5.11 Å².